The van der Waals surface area contributed by atoms with E-state index in [9.17, 15) is 4.79 Å². The topological polar surface area (TPSA) is 56.8 Å². The molecule has 2 fully saturated rings. The van der Waals surface area contributed by atoms with Crippen LogP contribution in [0.3, 0.4) is 0 Å². The Morgan fingerprint density at radius 1 is 1.32 bits per heavy atom. The number of benzene rings is 1. The molecule has 1 heterocycles. The van der Waals surface area contributed by atoms with Gasteiger partial charge in [0.1, 0.15) is 11.9 Å². The molecule has 6 heteroatoms. The van der Waals surface area contributed by atoms with Gasteiger partial charge in [0, 0.05) is 24.4 Å². The van der Waals surface area contributed by atoms with Gasteiger partial charge in [0.25, 0.3) is 5.91 Å². The van der Waals surface area contributed by atoms with Crippen LogP contribution in [0.2, 0.25) is 5.02 Å². The van der Waals surface area contributed by atoms with E-state index in [0.29, 0.717) is 23.9 Å². The van der Waals surface area contributed by atoms with E-state index in [4.69, 9.17) is 25.8 Å². The number of rotatable bonds is 5. The molecule has 1 spiro atoms. The van der Waals surface area contributed by atoms with Crippen molar-refractivity contribution >= 4 is 17.5 Å². The molecule has 1 aliphatic heterocycles. The lowest BCUT2D eigenvalue weighted by molar-refractivity contribution is -0.161. The number of hydrogen-bond donors (Lipinski definition) is 1. The fraction of sp³-hybridized carbons (Fsp3) is 0.562. The number of carbonyl (C=O) groups is 1. The number of ether oxygens (including phenoxy) is 3. The Morgan fingerprint density at radius 3 is 2.77 bits per heavy atom. The molecule has 1 amide bonds. The molecule has 5 nitrogen and oxygen atoms in total. The smallest absolute Gasteiger partial charge is 0.258 e. The molecular weight excluding hydrogens is 306 g/mol. The van der Waals surface area contributed by atoms with Gasteiger partial charge in [0.2, 0.25) is 0 Å². The Kier molecular flexibility index (Phi) is 4.86. The van der Waals surface area contributed by atoms with Gasteiger partial charge >= 0.3 is 0 Å². The van der Waals surface area contributed by atoms with E-state index in [1.54, 1.807) is 24.3 Å². The van der Waals surface area contributed by atoms with E-state index < -0.39 is 0 Å². The van der Waals surface area contributed by atoms with Gasteiger partial charge in [-0.05, 0) is 37.1 Å². The maximum Gasteiger partial charge on any atom is 0.258 e. The third-order valence-corrected chi connectivity index (χ3v) is 4.24. The summed E-state index contributed by atoms with van der Waals surface area (Å²) >= 11 is 5.79. The maximum absolute atomic E-state index is 11.8. The highest BCUT2D eigenvalue weighted by Crippen LogP contribution is 2.38. The van der Waals surface area contributed by atoms with Crippen LogP contribution in [0, 0.1) is 0 Å². The molecule has 1 aromatic rings. The van der Waals surface area contributed by atoms with Crippen LogP contribution >= 0.6 is 11.6 Å². The van der Waals surface area contributed by atoms with Crippen molar-refractivity contribution in [3.05, 3.63) is 29.3 Å². The van der Waals surface area contributed by atoms with Crippen LogP contribution in [-0.2, 0) is 14.3 Å². The Bertz CT molecular complexity index is 513. The third-order valence-electron chi connectivity index (χ3n) is 3.99. The van der Waals surface area contributed by atoms with E-state index in [1.165, 1.54) is 0 Å². The molecule has 1 N–H and O–H groups in total. The van der Waals surface area contributed by atoms with Crippen LogP contribution in [0.4, 0.5) is 0 Å². The van der Waals surface area contributed by atoms with Gasteiger partial charge in [-0.3, -0.25) is 4.79 Å². The summed E-state index contributed by atoms with van der Waals surface area (Å²) in [6, 6.07) is 6.90. The number of halogens is 1. The Hall–Kier alpha value is -1.30. The summed E-state index contributed by atoms with van der Waals surface area (Å²) < 4.78 is 17.1. The third kappa shape index (κ3) is 3.91. The summed E-state index contributed by atoms with van der Waals surface area (Å²) in [5.74, 6) is 0.0608. The van der Waals surface area contributed by atoms with Gasteiger partial charge in [-0.1, -0.05) is 11.6 Å². The lowest BCUT2D eigenvalue weighted by Gasteiger charge is -2.21. The zero-order valence-corrected chi connectivity index (χ0v) is 13.1. The first-order valence-electron chi connectivity index (χ1n) is 7.62. The average molecular weight is 326 g/mol. The molecule has 0 unspecified atom stereocenters. The first-order chi connectivity index (χ1) is 10.7. The molecule has 1 saturated carbocycles. The molecule has 2 aliphatic rings. The predicted octanol–water partition coefficient (Wildman–Crippen LogP) is 2.52. The summed E-state index contributed by atoms with van der Waals surface area (Å²) in [5.41, 5.74) is 0. The van der Waals surface area contributed by atoms with Gasteiger partial charge in [0.05, 0.1) is 6.61 Å². The van der Waals surface area contributed by atoms with E-state index in [2.05, 4.69) is 5.32 Å². The van der Waals surface area contributed by atoms with Crippen LogP contribution in [0.1, 0.15) is 25.7 Å². The van der Waals surface area contributed by atoms with Crippen LogP contribution in [0.15, 0.2) is 24.3 Å². The highest BCUT2D eigenvalue weighted by atomic mass is 35.5. The molecule has 3 rings (SSSR count). The summed E-state index contributed by atoms with van der Waals surface area (Å²) in [4.78, 5) is 11.8. The van der Waals surface area contributed by atoms with Crippen molar-refractivity contribution in [2.45, 2.75) is 37.6 Å². The van der Waals surface area contributed by atoms with Gasteiger partial charge in [-0.2, -0.15) is 0 Å². The van der Waals surface area contributed by atoms with Crippen molar-refractivity contribution in [1.29, 1.82) is 0 Å². The molecule has 1 aliphatic carbocycles. The van der Waals surface area contributed by atoms with E-state index in [-0.39, 0.29) is 24.4 Å². The summed E-state index contributed by atoms with van der Waals surface area (Å²) in [6.07, 6.45) is 4.13. The minimum Gasteiger partial charge on any atom is -0.484 e. The molecule has 1 atom stereocenters. The van der Waals surface area contributed by atoms with Gasteiger partial charge in [0.15, 0.2) is 12.4 Å². The first-order valence-corrected chi connectivity index (χ1v) is 8.00. The van der Waals surface area contributed by atoms with Crippen molar-refractivity contribution in [3.8, 4) is 5.75 Å². The first kappa shape index (κ1) is 15.6. The molecule has 1 aromatic carbocycles. The molecule has 0 bridgehead atoms. The van der Waals surface area contributed by atoms with Crippen LogP contribution in [0.5, 0.6) is 5.75 Å². The highest BCUT2D eigenvalue weighted by Gasteiger charge is 2.43. The summed E-state index contributed by atoms with van der Waals surface area (Å²) in [6.45, 7) is 0.962. The lowest BCUT2D eigenvalue weighted by Crippen LogP contribution is -2.37. The quantitative estimate of drug-likeness (QED) is 0.903. The minimum absolute atomic E-state index is 0.0274. The van der Waals surface area contributed by atoms with Gasteiger partial charge in [-0.15, -0.1) is 0 Å². The number of carbonyl (C=O) groups excluding carboxylic acids is 1. The van der Waals surface area contributed by atoms with E-state index in [0.717, 1.165) is 25.7 Å². The monoisotopic (exact) mass is 325 g/mol. The Morgan fingerprint density at radius 2 is 2.05 bits per heavy atom. The van der Waals surface area contributed by atoms with Crippen LogP contribution < -0.4 is 10.1 Å². The van der Waals surface area contributed by atoms with E-state index >= 15 is 0 Å². The summed E-state index contributed by atoms with van der Waals surface area (Å²) in [7, 11) is 0. The lowest BCUT2D eigenvalue weighted by atomic mass is 10.2. The molecule has 22 heavy (non-hydrogen) atoms. The van der Waals surface area contributed by atoms with Gasteiger partial charge in [-0.25, -0.2) is 0 Å². The zero-order valence-electron chi connectivity index (χ0n) is 12.3. The number of amides is 1. The Labute approximate surface area is 134 Å². The molecular formula is C16H20ClNO4. The second-order valence-corrected chi connectivity index (χ2v) is 6.15. The fourth-order valence-corrected chi connectivity index (χ4v) is 2.98. The second-order valence-electron chi connectivity index (χ2n) is 5.72. The van der Waals surface area contributed by atoms with Crippen molar-refractivity contribution in [2.24, 2.45) is 0 Å². The highest BCUT2D eigenvalue weighted by molar-refractivity contribution is 6.30. The average Bonchev–Trinajstić information content (AvgIpc) is 3.15. The molecule has 1 saturated heterocycles. The van der Waals surface area contributed by atoms with Crippen molar-refractivity contribution in [3.63, 3.8) is 0 Å². The largest absolute Gasteiger partial charge is 0.484 e. The van der Waals surface area contributed by atoms with E-state index in [1.807, 2.05) is 0 Å². The van der Waals surface area contributed by atoms with Gasteiger partial charge < -0.3 is 19.5 Å². The predicted molar refractivity (Wildman–Crippen MR) is 82.0 cm³/mol. The normalized spacial score (nSPS) is 22.9. The Balaban J connectivity index is 1.37. The summed E-state index contributed by atoms with van der Waals surface area (Å²) in [5, 5.41) is 3.45. The SMILES string of the molecule is O=C(COc1ccc(Cl)cc1)NC[C@@H]1COC2(CCCC2)O1. The van der Waals surface area contributed by atoms with Crippen LogP contribution in [0.25, 0.3) is 0 Å². The minimum atomic E-state index is -0.380. The maximum atomic E-state index is 11.8. The van der Waals surface area contributed by atoms with Crippen molar-refractivity contribution in [2.75, 3.05) is 19.8 Å². The fourth-order valence-electron chi connectivity index (χ4n) is 2.85. The molecule has 120 valence electrons. The number of hydrogen-bond acceptors (Lipinski definition) is 4. The van der Waals surface area contributed by atoms with Crippen LogP contribution in [-0.4, -0.2) is 37.6 Å². The molecule has 0 radical (unpaired) electrons. The van der Waals surface area contributed by atoms with Crippen molar-refractivity contribution in [1.82, 2.24) is 5.32 Å². The van der Waals surface area contributed by atoms with Crippen molar-refractivity contribution < 1.29 is 19.0 Å². The second kappa shape index (κ2) is 6.86. The standard InChI is InChI=1S/C16H20ClNO4/c17-12-3-5-13(6-4-12)20-11-15(19)18-9-14-10-21-16(22-14)7-1-2-8-16/h3-6,14H,1-2,7-11H2,(H,18,19)/t14-/m1/s1. The zero-order chi connectivity index (χ0) is 15.4. The molecule has 0 aromatic heterocycles. The number of nitrogens with one attached hydrogen (secondary N) is 1.